The molecule has 0 radical (unpaired) electrons. The summed E-state index contributed by atoms with van der Waals surface area (Å²) in [5, 5.41) is 5.56. The summed E-state index contributed by atoms with van der Waals surface area (Å²) in [5.74, 6) is 6.47. The number of carbonyl (C=O) groups excluding carboxylic acids is 1. The molecule has 6 aliphatic carbocycles. The molecule has 2 aromatic heterocycles. The van der Waals surface area contributed by atoms with Crippen molar-refractivity contribution in [3.05, 3.63) is 30.5 Å². The largest absolute Gasteiger partial charge is 0.276 e. The zero-order valence-corrected chi connectivity index (χ0v) is 12.7. The third-order valence-corrected chi connectivity index (χ3v) is 8.61. The van der Waals surface area contributed by atoms with Gasteiger partial charge in [-0.1, -0.05) is 18.2 Å². The average Bonchev–Trinajstić information content (AvgIpc) is 3.12. The number of hydrogen-bond donors (Lipinski definition) is 0. The van der Waals surface area contributed by atoms with E-state index in [1.165, 1.54) is 0 Å². The molecule has 0 N–H and O–H groups in total. The van der Waals surface area contributed by atoms with Gasteiger partial charge in [-0.05, 0) is 47.5 Å². The molecule has 4 heteroatoms. The smallest absolute Gasteiger partial charge is 0.238 e. The number of benzene rings is 1. The summed E-state index contributed by atoms with van der Waals surface area (Å²) in [6.45, 7) is 0. The van der Waals surface area contributed by atoms with Crippen molar-refractivity contribution in [2.75, 3.05) is 0 Å². The number of para-hydroxylation sites is 1. The first-order valence-corrected chi connectivity index (χ1v) is 8.74. The molecule has 6 fully saturated rings. The van der Waals surface area contributed by atoms with Crippen molar-refractivity contribution in [1.82, 2.24) is 14.3 Å². The number of aromatic nitrogens is 3. The Bertz CT molecular complexity index is 1070. The predicted molar refractivity (Wildman–Crippen MR) is 83.7 cm³/mol. The number of aryl methyl sites for hydroxylation is 1. The highest BCUT2D eigenvalue weighted by Crippen LogP contribution is 3.06. The number of rotatable bonds is 1. The lowest BCUT2D eigenvalue weighted by atomic mass is 8.96. The van der Waals surface area contributed by atoms with Crippen LogP contribution in [0.2, 0.25) is 0 Å². The van der Waals surface area contributed by atoms with Crippen molar-refractivity contribution >= 4 is 27.8 Å². The van der Waals surface area contributed by atoms with Crippen LogP contribution in [0.3, 0.4) is 0 Å². The molecule has 9 rings (SSSR count). The molecular formula is C19H15N3O. The van der Waals surface area contributed by atoms with Crippen LogP contribution in [0, 0.1) is 46.8 Å². The first-order valence-electron chi connectivity index (χ1n) is 8.74. The van der Waals surface area contributed by atoms with Gasteiger partial charge in [0.05, 0.1) is 28.2 Å². The first-order chi connectivity index (χ1) is 11.3. The quantitative estimate of drug-likeness (QED) is 0.693. The van der Waals surface area contributed by atoms with Crippen LogP contribution in [0.5, 0.6) is 0 Å². The van der Waals surface area contributed by atoms with Crippen molar-refractivity contribution in [2.24, 2.45) is 53.9 Å². The Morgan fingerprint density at radius 1 is 1.04 bits per heavy atom. The maximum Gasteiger partial charge on any atom is 0.238 e. The van der Waals surface area contributed by atoms with E-state index in [-0.39, 0.29) is 5.41 Å². The molecule has 0 spiro atoms. The van der Waals surface area contributed by atoms with Crippen molar-refractivity contribution < 1.29 is 4.79 Å². The molecule has 0 aliphatic heterocycles. The van der Waals surface area contributed by atoms with Crippen LogP contribution in [0.1, 0.15) is 4.79 Å². The predicted octanol–water partition coefficient (Wildman–Crippen LogP) is 2.54. The van der Waals surface area contributed by atoms with Crippen LogP contribution in [-0.2, 0) is 7.05 Å². The van der Waals surface area contributed by atoms with E-state index >= 15 is 0 Å². The van der Waals surface area contributed by atoms with Gasteiger partial charge in [-0.15, -0.1) is 0 Å². The van der Waals surface area contributed by atoms with Gasteiger partial charge in [0.15, 0.2) is 0 Å². The molecule has 6 saturated carbocycles. The summed E-state index contributed by atoms with van der Waals surface area (Å²) in [6, 6.07) is 8.29. The monoisotopic (exact) mass is 301 g/mol. The van der Waals surface area contributed by atoms with Gasteiger partial charge in [0.1, 0.15) is 0 Å². The lowest BCUT2D eigenvalue weighted by Crippen LogP contribution is -3.06. The van der Waals surface area contributed by atoms with Gasteiger partial charge >= 0.3 is 0 Å². The van der Waals surface area contributed by atoms with E-state index in [1.54, 1.807) is 0 Å². The molecule has 23 heavy (non-hydrogen) atoms. The highest BCUT2D eigenvalue weighted by molar-refractivity contribution is 6.13. The zero-order chi connectivity index (χ0) is 14.8. The van der Waals surface area contributed by atoms with E-state index in [2.05, 4.69) is 17.2 Å². The van der Waals surface area contributed by atoms with Crippen molar-refractivity contribution in [2.45, 2.75) is 0 Å². The van der Waals surface area contributed by atoms with E-state index in [0.29, 0.717) is 5.91 Å². The second kappa shape index (κ2) is 2.64. The van der Waals surface area contributed by atoms with Crippen molar-refractivity contribution in [3.8, 4) is 0 Å². The van der Waals surface area contributed by atoms with Crippen LogP contribution < -0.4 is 0 Å². The second-order valence-electron chi connectivity index (χ2n) is 8.48. The Morgan fingerprint density at radius 2 is 1.74 bits per heavy atom. The van der Waals surface area contributed by atoms with Crippen LogP contribution in [0.15, 0.2) is 30.5 Å². The number of nitrogens with zero attached hydrogens (tertiary/aromatic N) is 3. The molecular weight excluding hydrogens is 286 g/mol. The lowest BCUT2D eigenvalue weighted by Gasteiger charge is -3.06. The number of hydrogen-bond acceptors (Lipinski definition) is 2. The molecule has 0 amide bonds. The van der Waals surface area contributed by atoms with Crippen LogP contribution in [0.4, 0.5) is 0 Å². The van der Waals surface area contributed by atoms with Crippen LogP contribution in [0.25, 0.3) is 21.9 Å². The molecule has 0 atom stereocenters. The molecule has 4 nitrogen and oxygen atoms in total. The Labute approximate surface area is 132 Å². The van der Waals surface area contributed by atoms with E-state index in [0.717, 1.165) is 63.4 Å². The minimum atomic E-state index is 0.0410. The molecule has 3 aromatic rings. The van der Waals surface area contributed by atoms with Crippen molar-refractivity contribution in [3.63, 3.8) is 0 Å². The van der Waals surface area contributed by atoms with Gasteiger partial charge in [-0.3, -0.25) is 14.0 Å². The fourth-order valence-electron chi connectivity index (χ4n) is 8.17. The van der Waals surface area contributed by atoms with Gasteiger partial charge in [0.2, 0.25) is 5.91 Å². The summed E-state index contributed by atoms with van der Waals surface area (Å²) in [7, 11) is 1.97. The van der Waals surface area contributed by atoms with E-state index in [1.807, 2.05) is 34.6 Å². The Kier molecular flexibility index (Phi) is 1.22. The minimum absolute atomic E-state index is 0.0410. The SMILES string of the molecule is Cn1ncc2c1c1ccccc1n2C(=O)C12C3C4C5C3C1C5C42. The van der Waals surface area contributed by atoms with Crippen molar-refractivity contribution in [1.29, 1.82) is 0 Å². The standard InChI is InChI=1S/C19H15N3O/c1-21-17-7-4-2-3-5-8(7)22(9(17)6-20-21)18(23)19-14-11-10-12(14)16(19)13(10)15(11)19/h2-6,10-16H,1H3. The zero-order valence-electron chi connectivity index (χ0n) is 12.7. The van der Waals surface area contributed by atoms with Gasteiger partial charge in [-0.2, -0.15) is 5.10 Å². The normalized spacial score (nSPS) is 49.0. The van der Waals surface area contributed by atoms with E-state index in [4.69, 9.17) is 0 Å². The highest BCUT2D eigenvalue weighted by atomic mass is 16.2. The third-order valence-electron chi connectivity index (χ3n) is 8.61. The topological polar surface area (TPSA) is 39.8 Å². The fourth-order valence-corrected chi connectivity index (χ4v) is 8.17. The molecule has 6 aliphatic rings. The van der Waals surface area contributed by atoms with Crippen LogP contribution >= 0.6 is 0 Å². The Hall–Kier alpha value is -2.10. The molecule has 2 heterocycles. The molecule has 1 aromatic carbocycles. The average molecular weight is 301 g/mol. The lowest BCUT2D eigenvalue weighted by molar-refractivity contribution is -0.594. The minimum Gasteiger partial charge on any atom is -0.276 e. The number of fused-ring (bicyclic) bond motifs is 3. The van der Waals surface area contributed by atoms with E-state index < -0.39 is 0 Å². The molecule has 112 valence electrons. The Balaban J connectivity index is 1.43. The highest BCUT2D eigenvalue weighted by Gasteiger charge is 3.06. The second-order valence-corrected chi connectivity index (χ2v) is 8.48. The summed E-state index contributed by atoms with van der Waals surface area (Å²) in [5.41, 5.74) is 3.19. The maximum absolute atomic E-state index is 13.7. The third kappa shape index (κ3) is 0.665. The van der Waals surface area contributed by atoms with Gasteiger partial charge in [-0.25, -0.2) is 0 Å². The first kappa shape index (κ1) is 10.6. The molecule has 0 bridgehead atoms. The molecule has 0 saturated heterocycles. The van der Waals surface area contributed by atoms with E-state index in [9.17, 15) is 4.79 Å². The molecule has 0 unspecified atom stereocenters. The van der Waals surface area contributed by atoms with Gasteiger partial charge in [0.25, 0.3) is 0 Å². The van der Waals surface area contributed by atoms with Gasteiger partial charge in [0, 0.05) is 12.4 Å². The number of carbonyl (C=O) groups is 1. The Morgan fingerprint density at radius 3 is 2.48 bits per heavy atom. The summed E-state index contributed by atoms with van der Waals surface area (Å²) in [4.78, 5) is 13.7. The van der Waals surface area contributed by atoms with Crippen LogP contribution in [-0.4, -0.2) is 20.3 Å². The maximum atomic E-state index is 13.7. The summed E-state index contributed by atoms with van der Waals surface area (Å²) in [6.07, 6.45) is 1.87. The summed E-state index contributed by atoms with van der Waals surface area (Å²) < 4.78 is 3.92. The van der Waals surface area contributed by atoms with Gasteiger partial charge < -0.3 is 0 Å². The summed E-state index contributed by atoms with van der Waals surface area (Å²) >= 11 is 0. The fraction of sp³-hybridized carbons (Fsp3) is 0.474.